The lowest BCUT2D eigenvalue weighted by Gasteiger charge is -2.28. The van der Waals surface area contributed by atoms with Crippen molar-refractivity contribution in [1.29, 1.82) is 0 Å². The van der Waals surface area contributed by atoms with Crippen LogP contribution in [0.1, 0.15) is 251 Å². The molecule has 0 saturated heterocycles. The highest BCUT2D eigenvalue weighted by Crippen LogP contribution is 2.38. The van der Waals surface area contributed by atoms with Gasteiger partial charge in [-0.25, -0.2) is 0 Å². The van der Waals surface area contributed by atoms with Gasteiger partial charge in [0.25, 0.3) is 7.82 Å². The summed E-state index contributed by atoms with van der Waals surface area (Å²) < 4.78 is 34.2. The summed E-state index contributed by atoms with van der Waals surface area (Å²) in [5.41, 5.74) is 0. The first kappa shape index (κ1) is 71.9. The molecule has 432 valence electrons. The molecule has 2 atom stereocenters. The van der Waals surface area contributed by atoms with Crippen molar-refractivity contribution in [3.8, 4) is 0 Å². The Morgan fingerprint density at radius 1 is 0.427 bits per heavy atom. The Morgan fingerprint density at radius 2 is 0.760 bits per heavy atom. The summed E-state index contributed by atoms with van der Waals surface area (Å²) in [6, 6.07) is 0. The molecule has 2 unspecified atom stereocenters. The van der Waals surface area contributed by atoms with Crippen molar-refractivity contribution in [3.05, 3.63) is 97.2 Å². The number of carbonyl (C=O) groups is 2. The zero-order chi connectivity index (χ0) is 54.9. The van der Waals surface area contributed by atoms with Crippen LogP contribution in [0.2, 0.25) is 0 Å². The largest absolute Gasteiger partial charge is 0.756 e. The van der Waals surface area contributed by atoms with E-state index in [9.17, 15) is 19.0 Å². The Bertz CT molecular complexity index is 1590. The highest BCUT2D eigenvalue weighted by atomic mass is 31.2. The summed E-state index contributed by atoms with van der Waals surface area (Å²) in [6.45, 7) is 4.11. The van der Waals surface area contributed by atoms with Crippen LogP contribution >= 0.6 is 7.82 Å². The van der Waals surface area contributed by atoms with Gasteiger partial charge in [-0.3, -0.25) is 14.2 Å². The first-order chi connectivity index (χ1) is 36.5. The van der Waals surface area contributed by atoms with Gasteiger partial charge in [-0.05, 0) is 96.3 Å². The third-order valence-corrected chi connectivity index (χ3v) is 13.8. The molecule has 0 aliphatic carbocycles. The lowest BCUT2D eigenvalue weighted by Crippen LogP contribution is -2.37. The van der Waals surface area contributed by atoms with E-state index in [0.717, 1.165) is 96.3 Å². The van der Waals surface area contributed by atoms with Gasteiger partial charge in [0.15, 0.2) is 6.10 Å². The van der Waals surface area contributed by atoms with Crippen molar-refractivity contribution in [1.82, 2.24) is 0 Å². The average molecular weight is 1070 g/mol. The molecule has 0 aromatic heterocycles. The fraction of sp³-hybridized carbons (Fsp3) is 0.723. The van der Waals surface area contributed by atoms with E-state index < -0.39 is 32.5 Å². The van der Waals surface area contributed by atoms with Crippen LogP contribution < -0.4 is 4.89 Å². The second-order valence-electron chi connectivity index (χ2n) is 21.3. The second-order valence-corrected chi connectivity index (χ2v) is 22.7. The summed E-state index contributed by atoms with van der Waals surface area (Å²) in [5, 5.41) is 0. The minimum Gasteiger partial charge on any atom is -0.756 e. The van der Waals surface area contributed by atoms with Crippen LogP contribution in [0.15, 0.2) is 97.2 Å². The fourth-order valence-electron chi connectivity index (χ4n) is 8.16. The van der Waals surface area contributed by atoms with Gasteiger partial charge in [-0.15, -0.1) is 0 Å². The number of hydrogen-bond donors (Lipinski definition) is 0. The smallest absolute Gasteiger partial charge is 0.306 e. The molecule has 0 amide bonds. The van der Waals surface area contributed by atoms with Crippen molar-refractivity contribution in [2.75, 3.05) is 47.5 Å². The van der Waals surface area contributed by atoms with Gasteiger partial charge in [0, 0.05) is 12.8 Å². The van der Waals surface area contributed by atoms with Crippen molar-refractivity contribution in [3.63, 3.8) is 0 Å². The Kier molecular flexibility index (Phi) is 53.4. The lowest BCUT2D eigenvalue weighted by atomic mass is 10.0. The standard InChI is InChI=1S/C65H114NO8P/c1-6-8-10-12-14-16-18-20-22-24-26-27-28-29-30-31-32-33-34-35-36-37-38-39-40-42-44-46-48-50-52-54-56-58-65(68)74-63(62-73-75(69,70)72-60-59-66(3,4)5)61-71-64(67)57-55-53-51-49-47-45-43-41-25-23-21-19-17-15-13-11-9-7-2/h8,10,14,16-17,19-20,22-23,25-27,29-30,32-33,63H,6-7,9,11-13,15,18,21,24,28,31,34-62H2,1-5H3/b10-8-,16-14-,19-17-,22-20-,25-23-,27-26-,30-29-,33-32-. The van der Waals surface area contributed by atoms with Gasteiger partial charge < -0.3 is 27.9 Å². The maximum atomic E-state index is 12.8. The zero-order valence-electron chi connectivity index (χ0n) is 49.0. The minimum absolute atomic E-state index is 0.0355. The van der Waals surface area contributed by atoms with E-state index in [2.05, 4.69) is 111 Å². The quantitative estimate of drug-likeness (QED) is 0.0195. The van der Waals surface area contributed by atoms with E-state index in [0.29, 0.717) is 17.4 Å². The summed E-state index contributed by atoms with van der Waals surface area (Å²) in [6.07, 6.45) is 76.0. The molecule has 0 saturated carbocycles. The number of rotatable bonds is 55. The van der Waals surface area contributed by atoms with E-state index in [1.807, 2.05) is 21.1 Å². The molecule has 0 heterocycles. The van der Waals surface area contributed by atoms with Crippen molar-refractivity contribution < 1.29 is 42.1 Å². The molecule has 75 heavy (non-hydrogen) atoms. The third-order valence-electron chi connectivity index (χ3n) is 12.8. The van der Waals surface area contributed by atoms with Crippen LogP contribution in [0.3, 0.4) is 0 Å². The van der Waals surface area contributed by atoms with Crippen molar-refractivity contribution >= 4 is 19.8 Å². The SMILES string of the molecule is CC/C=C\C/C=C\C/C=C\C/C=C\C/C=C\C/C=C\CCCCCCCCCCCCCCCCC(=O)OC(COC(=O)CCCCCCCCC/C=C\C/C=C\CCCCCC)COP(=O)([O-])OCC[N+](C)(C)C. The van der Waals surface area contributed by atoms with Gasteiger partial charge >= 0.3 is 11.9 Å². The molecule has 0 aromatic rings. The number of nitrogens with zero attached hydrogens (tertiary/aromatic N) is 1. The number of unbranched alkanes of at least 4 members (excludes halogenated alkanes) is 25. The molecule has 0 spiro atoms. The van der Waals surface area contributed by atoms with Crippen LogP contribution in [0.4, 0.5) is 0 Å². The highest BCUT2D eigenvalue weighted by Gasteiger charge is 2.22. The average Bonchev–Trinajstić information content (AvgIpc) is 3.37. The predicted molar refractivity (Wildman–Crippen MR) is 319 cm³/mol. The number of phosphoric ester groups is 1. The molecule has 9 nitrogen and oxygen atoms in total. The van der Waals surface area contributed by atoms with Crippen LogP contribution in [0.25, 0.3) is 0 Å². The summed E-state index contributed by atoms with van der Waals surface area (Å²) in [7, 11) is 1.16. The first-order valence-electron chi connectivity index (χ1n) is 30.4. The monoisotopic (exact) mass is 1070 g/mol. The Hall–Kier alpha value is -3.07. The van der Waals surface area contributed by atoms with E-state index in [-0.39, 0.29) is 26.1 Å². The number of esters is 2. The van der Waals surface area contributed by atoms with E-state index >= 15 is 0 Å². The van der Waals surface area contributed by atoms with Gasteiger partial charge in [-0.2, -0.15) is 0 Å². The van der Waals surface area contributed by atoms with Crippen molar-refractivity contribution in [2.45, 2.75) is 258 Å². The lowest BCUT2D eigenvalue weighted by molar-refractivity contribution is -0.870. The number of allylic oxidation sites excluding steroid dienone is 16. The number of likely N-dealkylation sites (N-methyl/N-ethyl adjacent to an activating group) is 1. The van der Waals surface area contributed by atoms with Gasteiger partial charge in [-0.1, -0.05) is 239 Å². The van der Waals surface area contributed by atoms with Crippen molar-refractivity contribution in [2.24, 2.45) is 0 Å². The number of phosphoric acid groups is 1. The van der Waals surface area contributed by atoms with Gasteiger partial charge in [0.2, 0.25) is 0 Å². The molecule has 0 rings (SSSR count). The van der Waals surface area contributed by atoms with E-state index in [1.54, 1.807) is 0 Å². The second kappa shape index (κ2) is 55.7. The molecular formula is C65H114NO8P. The third kappa shape index (κ3) is 60.0. The summed E-state index contributed by atoms with van der Waals surface area (Å²) in [5.74, 6) is -0.842. The molecule has 0 aliphatic heterocycles. The summed E-state index contributed by atoms with van der Waals surface area (Å²) in [4.78, 5) is 37.9. The highest BCUT2D eigenvalue weighted by molar-refractivity contribution is 7.45. The molecule has 0 aliphatic rings. The molecule has 0 fully saturated rings. The van der Waals surface area contributed by atoms with Crippen LogP contribution in [-0.4, -0.2) is 70.0 Å². The number of hydrogen-bond acceptors (Lipinski definition) is 8. The zero-order valence-corrected chi connectivity index (χ0v) is 49.9. The van der Waals surface area contributed by atoms with Gasteiger partial charge in [0.05, 0.1) is 27.7 Å². The van der Waals surface area contributed by atoms with Crippen LogP contribution in [0, 0.1) is 0 Å². The normalized spacial score (nSPS) is 13.9. The first-order valence-corrected chi connectivity index (χ1v) is 31.9. The molecular weight excluding hydrogens is 954 g/mol. The number of carbonyl (C=O) groups excluding carboxylic acids is 2. The molecule has 0 N–H and O–H groups in total. The molecule has 10 heteroatoms. The Morgan fingerprint density at radius 3 is 1.13 bits per heavy atom. The fourth-order valence-corrected chi connectivity index (χ4v) is 8.89. The Balaban J connectivity index is 4.11. The molecule has 0 bridgehead atoms. The maximum Gasteiger partial charge on any atom is 0.306 e. The van der Waals surface area contributed by atoms with Gasteiger partial charge in [0.1, 0.15) is 19.8 Å². The van der Waals surface area contributed by atoms with Crippen LogP contribution in [-0.2, 0) is 32.7 Å². The van der Waals surface area contributed by atoms with Crippen LogP contribution in [0.5, 0.6) is 0 Å². The number of ether oxygens (including phenoxy) is 2. The number of quaternary nitrogens is 1. The Labute approximate surface area is 462 Å². The summed E-state index contributed by atoms with van der Waals surface area (Å²) >= 11 is 0. The van der Waals surface area contributed by atoms with E-state index in [1.165, 1.54) is 122 Å². The molecule has 0 radical (unpaired) electrons. The predicted octanol–water partition coefficient (Wildman–Crippen LogP) is 18.6. The topological polar surface area (TPSA) is 111 Å². The van der Waals surface area contributed by atoms with E-state index in [4.69, 9.17) is 18.5 Å². The molecule has 0 aromatic carbocycles. The maximum absolute atomic E-state index is 12.8. The minimum atomic E-state index is -4.64.